The van der Waals surface area contributed by atoms with Gasteiger partial charge < -0.3 is 10.1 Å². The third-order valence-electron chi connectivity index (χ3n) is 3.21. The number of nitrogens with zero attached hydrogens (tertiary/aromatic N) is 1. The van der Waals surface area contributed by atoms with E-state index < -0.39 is 0 Å². The predicted octanol–water partition coefficient (Wildman–Crippen LogP) is 0.457. The maximum Gasteiger partial charge on any atom is 0.0703 e. The zero-order valence-corrected chi connectivity index (χ0v) is 8.62. The summed E-state index contributed by atoms with van der Waals surface area (Å²) in [5.74, 6) is 0. The van der Waals surface area contributed by atoms with Crippen molar-refractivity contribution in [1.29, 1.82) is 0 Å². The average molecular weight is 184 g/mol. The van der Waals surface area contributed by atoms with Crippen molar-refractivity contribution in [3.63, 3.8) is 0 Å². The molecule has 1 N–H and O–H groups in total. The van der Waals surface area contributed by atoms with Crippen molar-refractivity contribution in [3.8, 4) is 0 Å². The number of rotatable bonds is 1. The molecule has 0 amide bonds. The Kier molecular flexibility index (Phi) is 2.86. The van der Waals surface area contributed by atoms with E-state index in [4.69, 9.17) is 4.74 Å². The van der Waals surface area contributed by atoms with Crippen LogP contribution in [0.15, 0.2) is 0 Å². The van der Waals surface area contributed by atoms with Gasteiger partial charge >= 0.3 is 0 Å². The first kappa shape index (κ1) is 9.44. The maximum absolute atomic E-state index is 5.59. The summed E-state index contributed by atoms with van der Waals surface area (Å²) in [5, 5.41) is 3.47. The van der Waals surface area contributed by atoms with Crippen molar-refractivity contribution < 1.29 is 4.74 Å². The van der Waals surface area contributed by atoms with E-state index in [1.54, 1.807) is 0 Å². The highest BCUT2D eigenvalue weighted by Gasteiger charge is 2.31. The van der Waals surface area contributed by atoms with Crippen LogP contribution in [0, 0.1) is 0 Å². The van der Waals surface area contributed by atoms with Gasteiger partial charge in [0, 0.05) is 38.3 Å². The van der Waals surface area contributed by atoms with E-state index in [1.165, 1.54) is 19.5 Å². The lowest BCUT2D eigenvalue weighted by Gasteiger charge is -2.37. The smallest absolute Gasteiger partial charge is 0.0703 e. The highest BCUT2D eigenvalue weighted by atomic mass is 16.5. The molecule has 0 radical (unpaired) electrons. The molecule has 2 heterocycles. The molecule has 3 nitrogen and oxygen atoms in total. The summed E-state index contributed by atoms with van der Waals surface area (Å²) in [6, 6.07) is 1.31. The molecule has 76 valence electrons. The Hall–Kier alpha value is -0.120. The van der Waals surface area contributed by atoms with E-state index in [1.807, 2.05) is 0 Å². The minimum atomic E-state index is 0.435. The molecule has 0 aromatic heterocycles. The number of nitrogens with one attached hydrogen (secondary N) is 1. The van der Waals surface area contributed by atoms with Gasteiger partial charge in [0.1, 0.15) is 0 Å². The van der Waals surface area contributed by atoms with Crippen molar-refractivity contribution in [1.82, 2.24) is 10.2 Å². The van der Waals surface area contributed by atoms with E-state index in [2.05, 4.69) is 24.1 Å². The van der Waals surface area contributed by atoms with E-state index in [0.717, 1.165) is 13.2 Å². The van der Waals surface area contributed by atoms with Crippen LogP contribution < -0.4 is 5.32 Å². The van der Waals surface area contributed by atoms with Crippen molar-refractivity contribution in [2.24, 2.45) is 0 Å². The van der Waals surface area contributed by atoms with Gasteiger partial charge in [-0.25, -0.2) is 0 Å². The second kappa shape index (κ2) is 3.95. The van der Waals surface area contributed by atoms with Gasteiger partial charge in [-0.05, 0) is 20.3 Å². The molecule has 0 spiro atoms. The van der Waals surface area contributed by atoms with E-state index in [-0.39, 0.29) is 0 Å². The quantitative estimate of drug-likeness (QED) is 0.640. The normalized spacial score (nSPS) is 42.5. The van der Waals surface area contributed by atoms with Crippen molar-refractivity contribution >= 4 is 0 Å². The third-order valence-corrected chi connectivity index (χ3v) is 3.21. The van der Waals surface area contributed by atoms with Crippen LogP contribution >= 0.6 is 0 Å². The third kappa shape index (κ3) is 2.03. The Morgan fingerprint density at radius 3 is 2.85 bits per heavy atom. The number of hydrogen-bond donors (Lipinski definition) is 1. The molecular formula is C10H20N2O. The molecule has 0 aromatic carbocycles. The highest BCUT2D eigenvalue weighted by molar-refractivity contribution is 4.86. The minimum Gasteiger partial charge on any atom is -0.377 e. The molecule has 13 heavy (non-hydrogen) atoms. The summed E-state index contributed by atoms with van der Waals surface area (Å²) in [7, 11) is 0. The van der Waals surface area contributed by atoms with Gasteiger partial charge in [-0.3, -0.25) is 4.90 Å². The van der Waals surface area contributed by atoms with Gasteiger partial charge in [-0.1, -0.05) is 0 Å². The van der Waals surface area contributed by atoms with Gasteiger partial charge in [0.25, 0.3) is 0 Å². The molecule has 2 rings (SSSR count). The predicted molar refractivity (Wildman–Crippen MR) is 52.9 cm³/mol. The second-order valence-corrected chi connectivity index (χ2v) is 4.28. The number of hydrogen-bond acceptors (Lipinski definition) is 3. The summed E-state index contributed by atoms with van der Waals surface area (Å²) in [6.07, 6.45) is 1.65. The largest absolute Gasteiger partial charge is 0.377 e. The SMILES string of the molecule is CC1OCCC1N1CCN[C@H](C)C1. The Morgan fingerprint density at radius 2 is 2.23 bits per heavy atom. The van der Waals surface area contributed by atoms with Crippen LogP contribution in [-0.2, 0) is 4.74 Å². The maximum atomic E-state index is 5.59. The summed E-state index contributed by atoms with van der Waals surface area (Å²) in [6.45, 7) is 8.90. The van der Waals surface area contributed by atoms with Gasteiger partial charge in [-0.2, -0.15) is 0 Å². The van der Waals surface area contributed by atoms with Crippen LogP contribution in [0.3, 0.4) is 0 Å². The summed E-state index contributed by atoms with van der Waals surface area (Å²) < 4.78 is 5.59. The average Bonchev–Trinajstić information content (AvgIpc) is 2.51. The minimum absolute atomic E-state index is 0.435. The van der Waals surface area contributed by atoms with Crippen LogP contribution in [0.5, 0.6) is 0 Å². The highest BCUT2D eigenvalue weighted by Crippen LogP contribution is 2.20. The molecule has 0 aromatic rings. The van der Waals surface area contributed by atoms with Crippen LogP contribution in [-0.4, -0.2) is 49.3 Å². The fourth-order valence-electron chi connectivity index (χ4n) is 2.46. The van der Waals surface area contributed by atoms with Crippen LogP contribution in [0.25, 0.3) is 0 Å². The molecular weight excluding hydrogens is 164 g/mol. The van der Waals surface area contributed by atoms with Crippen molar-refractivity contribution in [2.45, 2.75) is 38.5 Å². The van der Waals surface area contributed by atoms with E-state index in [9.17, 15) is 0 Å². The number of ether oxygens (including phenoxy) is 1. The van der Waals surface area contributed by atoms with E-state index >= 15 is 0 Å². The Labute approximate surface area is 80.4 Å². The number of piperazine rings is 1. The summed E-state index contributed by atoms with van der Waals surface area (Å²) in [5.41, 5.74) is 0. The topological polar surface area (TPSA) is 24.5 Å². The zero-order valence-electron chi connectivity index (χ0n) is 8.62. The van der Waals surface area contributed by atoms with Crippen LogP contribution in [0.1, 0.15) is 20.3 Å². The van der Waals surface area contributed by atoms with Crippen molar-refractivity contribution in [3.05, 3.63) is 0 Å². The molecule has 2 fully saturated rings. The Morgan fingerprint density at radius 1 is 1.38 bits per heavy atom. The lowest BCUT2D eigenvalue weighted by molar-refractivity contribution is 0.0621. The van der Waals surface area contributed by atoms with E-state index in [0.29, 0.717) is 18.2 Å². The molecule has 2 saturated heterocycles. The van der Waals surface area contributed by atoms with Gasteiger partial charge in [0.05, 0.1) is 6.10 Å². The fourth-order valence-corrected chi connectivity index (χ4v) is 2.46. The Bertz CT molecular complexity index is 174. The first-order valence-corrected chi connectivity index (χ1v) is 5.36. The first-order chi connectivity index (χ1) is 6.27. The molecule has 0 bridgehead atoms. The second-order valence-electron chi connectivity index (χ2n) is 4.28. The van der Waals surface area contributed by atoms with Gasteiger partial charge in [-0.15, -0.1) is 0 Å². The molecule has 2 aliphatic rings. The molecule has 0 aliphatic carbocycles. The Balaban J connectivity index is 1.91. The lowest BCUT2D eigenvalue weighted by atomic mass is 10.1. The summed E-state index contributed by atoms with van der Waals surface area (Å²) >= 11 is 0. The van der Waals surface area contributed by atoms with Crippen molar-refractivity contribution in [2.75, 3.05) is 26.2 Å². The first-order valence-electron chi connectivity index (χ1n) is 5.36. The molecule has 2 unspecified atom stereocenters. The molecule has 3 atom stereocenters. The fraction of sp³-hybridized carbons (Fsp3) is 1.00. The molecule has 2 aliphatic heterocycles. The molecule has 3 heteroatoms. The lowest BCUT2D eigenvalue weighted by Crippen LogP contribution is -2.54. The monoisotopic (exact) mass is 184 g/mol. The molecule has 0 saturated carbocycles. The zero-order chi connectivity index (χ0) is 9.26. The van der Waals surface area contributed by atoms with Gasteiger partial charge in [0.15, 0.2) is 0 Å². The van der Waals surface area contributed by atoms with Gasteiger partial charge in [0.2, 0.25) is 0 Å². The summed E-state index contributed by atoms with van der Waals surface area (Å²) in [4.78, 5) is 2.58. The standard InChI is InChI=1S/C10H20N2O/c1-8-7-12(5-4-11-8)10-3-6-13-9(10)2/h8-11H,3-7H2,1-2H3/t8-,9?,10?/m1/s1. The van der Waals surface area contributed by atoms with Crippen LogP contribution in [0.4, 0.5) is 0 Å². The van der Waals surface area contributed by atoms with Crippen LogP contribution in [0.2, 0.25) is 0 Å².